The molecule has 0 aromatic rings. The highest BCUT2D eigenvalue weighted by molar-refractivity contribution is 5.87. The van der Waals surface area contributed by atoms with Crippen LogP contribution in [0.15, 0.2) is 0 Å². The van der Waals surface area contributed by atoms with Crippen molar-refractivity contribution in [3.63, 3.8) is 0 Å². The van der Waals surface area contributed by atoms with Gasteiger partial charge in [-0.2, -0.15) is 0 Å². The third-order valence-electron chi connectivity index (χ3n) is 3.72. The summed E-state index contributed by atoms with van der Waals surface area (Å²) in [6.45, 7) is 6.19. The zero-order valence-corrected chi connectivity index (χ0v) is 13.2. The van der Waals surface area contributed by atoms with Gasteiger partial charge in [-0.15, -0.1) is 0 Å². The number of rotatable bonds is 7. The van der Waals surface area contributed by atoms with Crippen molar-refractivity contribution in [2.75, 3.05) is 27.2 Å². The lowest BCUT2D eigenvalue weighted by atomic mass is 10.0. The van der Waals surface area contributed by atoms with Crippen molar-refractivity contribution in [2.45, 2.75) is 45.6 Å². The molecule has 1 heterocycles. The molecule has 1 aliphatic heterocycles. The molecule has 5 heteroatoms. The van der Waals surface area contributed by atoms with E-state index < -0.39 is 0 Å². The van der Waals surface area contributed by atoms with Crippen LogP contribution in [0.25, 0.3) is 0 Å². The van der Waals surface area contributed by atoms with Crippen molar-refractivity contribution in [3.8, 4) is 0 Å². The highest BCUT2D eigenvalue weighted by Gasteiger charge is 2.24. The number of likely N-dealkylation sites (N-methyl/N-ethyl adjacent to an activating group) is 1. The maximum absolute atomic E-state index is 12.1. The van der Waals surface area contributed by atoms with Gasteiger partial charge < -0.3 is 15.5 Å². The topological polar surface area (TPSA) is 61.4 Å². The molecule has 1 rings (SSSR count). The molecule has 1 saturated heterocycles. The van der Waals surface area contributed by atoms with Crippen molar-refractivity contribution in [1.82, 2.24) is 15.5 Å². The number of carbonyl (C=O) groups excluding carboxylic acids is 2. The van der Waals surface area contributed by atoms with Crippen LogP contribution in [0.2, 0.25) is 0 Å². The minimum Gasteiger partial charge on any atom is -0.347 e. The van der Waals surface area contributed by atoms with E-state index in [0.29, 0.717) is 24.7 Å². The fourth-order valence-electron chi connectivity index (χ4n) is 2.57. The molecule has 2 atom stereocenters. The molecule has 0 aliphatic carbocycles. The van der Waals surface area contributed by atoms with E-state index in [1.54, 1.807) is 19.0 Å². The number of nitrogens with one attached hydrogen (secondary N) is 2. The van der Waals surface area contributed by atoms with Gasteiger partial charge in [-0.1, -0.05) is 13.8 Å². The maximum atomic E-state index is 12.1. The second-order valence-corrected chi connectivity index (χ2v) is 6.38. The summed E-state index contributed by atoms with van der Waals surface area (Å²) in [5, 5.41) is 6.21. The summed E-state index contributed by atoms with van der Waals surface area (Å²) in [5.41, 5.74) is 0. The molecule has 0 saturated carbocycles. The zero-order chi connectivity index (χ0) is 15.1. The van der Waals surface area contributed by atoms with E-state index in [0.717, 1.165) is 25.9 Å². The van der Waals surface area contributed by atoms with Crippen molar-refractivity contribution in [3.05, 3.63) is 0 Å². The Balaban J connectivity index is 2.42. The molecule has 1 fully saturated rings. The molecule has 20 heavy (non-hydrogen) atoms. The smallest absolute Gasteiger partial charge is 0.244 e. The fourth-order valence-corrected chi connectivity index (χ4v) is 2.57. The summed E-state index contributed by atoms with van der Waals surface area (Å²) in [4.78, 5) is 25.6. The van der Waals surface area contributed by atoms with Gasteiger partial charge in [0.1, 0.15) is 6.04 Å². The zero-order valence-electron chi connectivity index (χ0n) is 13.2. The van der Waals surface area contributed by atoms with Gasteiger partial charge in [0.2, 0.25) is 11.8 Å². The van der Waals surface area contributed by atoms with E-state index in [-0.39, 0.29) is 17.9 Å². The maximum Gasteiger partial charge on any atom is 0.244 e. The van der Waals surface area contributed by atoms with E-state index in [9.17, 15) is 9.59 Å². The SMILES string of the molecule is CC(C)CC(NC(=O)CCC1CCNC1)C(=O)N(C)C. The Morgan fingerprint density at radius 3 is 2.55 bits per heavy atom. The van der Waals surface area contributed by atoms with Crippen LogP contribution in [-0.2, 0) is 9.59 Å². The van der Waals surface area contributed by atoms with Crippen molar-refractivity contribution >= 4 is 11.8 Å². The Labute approximate surface area is 122 Å². The van der Waals surface area contributed by atoms with Gasteiger partial charge in [0.25, 0.3) is 0 Å². The summed E-state index contributed by atoms with van der Waals surface area (Å²) in [6.07, 6.45) is 3.26. The first-order valence-corrected chi connectivity index (χ1v) is 7.61. The summed E-state index contributed by atoms with van der Waals surface area (Å²) in [7, 11) is 3.46. The lowest BCUT2D eigenvalue weighted by molar-refractivity contribution is -0.134. The van der Waals surface area contributed by atoms with Crippen molar-refractivity contribution in [2.24, 2.45) is 11.8 Å². The molecule has 0 aromatic heterocycles. The normalized spacial score (nSPS) is 19.9. The van der Waals surface area contributed by atoms with Crippen LogP contribution in [0.1, 0.15) is 39.5 Å². The minimum atomic E-state index is -0.390. The van der Waals surface area contributed by atoms with Gasteiger partial charge in [-0.3, -0.25) is 9.59 Å². The van der Waals surface area contributed by atoms with E-state index in [1.807, 2.05) is 0 Å². The Kier molecular flexibility index (Phi) is 6.99. The molecule has 2 unspecified atom stereocenters. The lowest BCUT2D eigenvalue weighted by Crippen LogP contribution is -2.46. The second-order valence-electron chi connectivity index (χ2n) is 6.38. The monoisotopic (exact) mass is 283 g/mol. The molecule has 1 aliphatic rings. The summed E-state index contributed by atoms with van der Waals surface area (Å²) in [6, 6.07) is -0.390. The van der Waals surface area contributed by atoms with Gasteiger partial charge in [-0.25, -0.2) is 0 Å². The quantitative estimate of drug-likeness (QED) is 0.732. The molecule has 5 nitrogen and oxygen atoms in total. The number of hydrogen-bond acceptors (Lipinski definition) is 3. The Morgan fingerprint density at radius 2 is 2.05 bits per heavy atom. The van der Waals surface area contributed by atoms with Crippen LogP contribution < -0.4 is 10.6 Å². The predicted octanol–water partition coefficient (Wildman–Crippen LogP) is 0.995. The van der Waals surface area contributed by atoms with E-state index in [4.69, 9.17) is 0 Å². The molecule has 116 valence electrons. The number of hydrogen-bond donors (Lipinski definition) is 2. The van der Waals surface area contributed by atoms with Gasteiger partial charge in [0.15, 0.2) is 0 Å². The standard InChI is InChI=1S/C15H29N3O2/c1-11(2)9-13(15(20)18(3)4)17-14(19)6-5-12-7-8-16-10-12/h11-13,16H,5-10H2,1-4H3,(H,17,19). The van der Waals surface area contributed by atoms with E-state index in [2.05, 4.69) is 24.5 Å². The van der Waals surface area contributed by atoms with Gasteiger partial charge >= 0.3 is 0 Å². The fraction of sp³-hybridized carbons (Fsp3) is 0.867. The molecule has 0 aromatic carbocycles. The van der Waals surface area contributed by atoms with E-state index >= 15 is 0 Å². The Hall–Kier alpha value is -1.10. The second kappa shape index (κ2) is 8.25. The molecule has 0 spiro atoms. The molecule has 0 radical (unpaired) electrons. The van der Waals surface area contributed by atoms with Crippen LogP contribution in [0.4, 0.5) is 0 Å². The average molecular weight is 283 g/mol. The molecule has 0 bridgehead atoms. The first kappa shape index (κ1) is 17.0. The first-order chi connectivity index (χ1) is 9.40. The Bertz CT molecular complexity index is 323. The average Bonchev–Trinajstić information content (AvgIpc) is 2.87. The largest absolute Gasteiger partial charge is 0.347 e. The van der Waals surface area contributed by atoms with Gasteiger partial charge in [-0.05, 0) is 44.2 Å². The van der Waals surface area contributed by atoms with E-state index in [1.165, 1.54) is 0 Å². The predicted molar refractivity (Wildman–Crippen MR) is 80.3 cm³/mol. The highest BCUT2D eigenvalue weighted by atomic mass is 16.2. The first-order valence-electron chi connectivity index (χ1n) is 7.61. The van der Waals surface area contributed by atoms with Gasteiger partial charge in [0.05, 0.1) is 0 Å². The molecular weight excluding hydrogens is 254 g/mol. The van der Waals surface area contributed by atoms with Crippen LogP contribution in [-0.4, -0.2) is 49.9 Å². The summed E-state index contributed by atoms with van der Waals surface area (Å²) in [5.74, 6) is 0.962. The third-order valence-corrected chi connectivity index (χ3v) is 3.72. The lowest BCUT2D eigenvalue weighted by Gasteiger charge is -2.23. The number of nitrogens with zero attached hydrogens (tertiary/aromatic N) is 1. The van der Waals surface area contributed by atoms with Gasteiger partial charge in [0, 0.05) is 20.5 Å². The molecule has 2 N–H and O–H groups in total. The minimum absolute atomic E-state index is 0.00208. The molecule has 2 amide bonds. The number of carbonyl (C=O) groups is 2. The third kappa shape index (κ3) is 5.90. The summed E-state index contributed by atoms with van der Waals surface area (Å²) < 4.78 is 0. The number of amides is 2. The van der Waals surface area contributed by atoms with Crippen molar-refractivity contribution < 1.29 is 9.59 Å². The Morgan fingerprint density at radius 1 is 1.35 bits per heavy atom. The van der Waals surface area contributed by atoms with Crippen LogP contribution in [0.5, 0.6) is 0 Å². The van der Waals surface area contributed by atoms with Crippen molar-refractivity contribution in [1.29, 1.82) is 0 Å². The van der Waals surface area contributed by atoms with Crippen LogP contribution in [0.3, 0.4) is 0 Å². The van der Waals surface area contributed by atoms with Crippen LogP contribution in [0, 0.1) is 11.8 Å². The molecular formula is C15H29N3O2. The van der Waals surface area contributed by atoms with Crippen LogP contribution >= 0.6 is 0 Å². The summed E-state index contributed by atoms with van der Waals surface area (Å²) >= 11 is 0. The highest BCUT2D eigenvalue weighted by Crippen LogP contribution is 2.14.